The second kappa shape index (κ2) is 27.0. The molecule has 0 bridgehead atoms. The van der Waals surface area contributed by atoms with Crippen LogP contribution in [0.5, 0.6) is 5.75 Å². The minimum Gasteiger partial charge on any atom is -0.497 e. The highest BCUT2D eigenvalue weighted by Gasteiger charge is 2.55. The molecule has 1 heterocycles. The highest BCUT2D eigenvalue weighted by molar-refractivity contribution is 5.80. The second-order valence-corrected chi connectivity index (χ2v) is 23.9. The van der Waals surface area contributed by atoms with Crippen LogP contribution in [0.2, 0.25) is 0 Å². The van der Waals surface area contributed by atoms with Gasteiger partial charge in [0.15, 0.2) is 24.6 Å². The van der Waals surface area contributed by atoms with Crippen molar-refractivity contribution in [2.75, 3.05) is 26.9 Å². The van der Waals surface area contributed by atoms with Gasteiger partial charge in [-0.05, 0) is 136 Å². The summed E-state index contributed by atoms with van der Waals surface area (Å²) >= 11 is 0. The lowest BCUT2D eigenvalue weighted by atomic mass is 9.93. The SMILES string of the molecule is CCCCCCC/C=C/[C@@H](OCc1ccc(OC)cc1)[C@H](CO[C@@H]1O[C@H](COC(=O)C(C)(C)C)[C@H](OC(=O)C(C)(C)C)[C@H](OC(=O)C(C)(C)C)[C@H]1OC(=O)C(C)(C)C)NC(=O)OCC1c2ccccc2-c2ccccc21. The van der Waals surface area contributed by atoms with Crippen molar-refractivity contribution in [2.24, 2.45) is 21.7 Å². The standard InChI is InChI=1S/C61H85NO14/c1-15-16-17-18-19-20-21-30-47(69-35-39-31-33-40(68-14)34-32-39)46(62-57(67)72-36-45-43-28-24-22-26-41(43)42-27-23-25-29-44(42)45)37-70-52-51(76-56(66)61(11,12)13)50(75-55(65)60(8,9)10)49(74-54(64)59(5,6)7)48(73-52)38-71-53(63)58(2,3)4/h21-34,45-52H,15-20,35-38H2,1-14H3,(H,62,67)/b30-21+/t46-,47+,48+,49-,50-,51+,52+/m0/s1. The molecule has 1 fully saturated rings. The van der Waals surface area contributed by atoms with E-state index < -0.39 is 101 Å². The largest absolute Gasteiger partial charge is 0.497 e. The molecular formula is C61H85NO14. The number of rotatable bonds is 23. The van der Waals surface area contributed by atoms with Gasteiger partial charge >= 0.3 is 30.0 Å². The lowest BCUT2D eigenvalue weighted by molar-refractivity contribution is -0.313. The maximum absolute atomic E-state index is 14.4. The normalized spacial score (nSPS) is 19.7. The Bertz CT molecular complexity index is 2370. The zero-order chi connectivity index (χ0) is 56.0. The first kappa shape index (κ1) is 61.1. The third-order valence-corrected chi connectivity index (χ3v) is 13.0. The van der Waals surface area contributed by atoms with Gasteiger partial charge in [-0.15, -0.1) is 0 Å². The number of ether oxygens (including phenoxy) is 9. The van der Waals surface area contributed by atoms with Crippen LogP contribution < -0.4 is 10.1 Å². The Kier molecular flexibility index (Phi) is 21.7. The number of fused-ring (bicyclic) bond motifs is 3. The summed E-state index contributed by atoms with van der Waals surface area (Å²) in [4.78, 5) is 69.7. The van der Waals surface area contributed by atoms with Crippen LogP contribution in [-0.2, 0) is 63.7 Å². The van der Waals surface area contributed by atoms with Crippen LogP contribution in [0.15, 0.2) is 84.9 Å². The molecule has 1 N–H and O–H groups in total. The molecule has 0 spiro atoms. The lowest BCUT2D eigenvalue weighted by Crippen LogP contribution is -2.64. The quantitative estimate of drug-likeness (QED) is 0.0410. The van der Waals surface area contributed by atoms with E-state index in [4.69, 9.17) is 42.6 Å². The van der Waals surface area contributed by atoms with Gasteiger partial charge in [0.2, 0.25) is 0 Å². The number of carbonyl (C=O) groups excluding carboxylic acids is 5. The minimum absolute atomic E-state index is 0.0272. The number of hydrogen-bond acceptors (Lipinski definition) is 14. The first-order valence-electron chi connectivity index (χ1n) is 26.8. The van der Waals surface area contributed by atoms with Crippen LogP contribution in [0.1, 0.15) is 151 Å². The first-order valence-corrected chi connectivity index (χ1v) is 26.8. The van der Waals surface area contributed by atoms with E-state index in [1.54, 1.807) is 90.2 Å². The summed E-state index contributed by atoms with van der Waals surface area (Å²) in [5, 5.41) is 3.04. The number of hydrogen-bond donors (Lipinski definition) is 1. The molecule has 0 radical (unpaired) electrons. The van der Waals surface area contributed by atoms with Gasteiger partial charge in [-0.3, -0.25) is 19.2 Å². The molecule has 7 atom stereocenters. The topological polar surface area (TPSA) is 180 Å². The Morgan fingerprint density at radius 2 is 1.14 bits per heavy atom. The Morgan fingerprint density at radius 1 is 0.618 bits per heavy atom. The van der Waals surface area contributed by atoms with Gasteiger partial charge in [-0.1, -0.05) is 105 Å². The number of benzene rings is 3. The maximum Gasteiger partial charge on any atom is 0.407 e. The Hall–Kier alpha value is -5.77. The van der Waals surface area contributed by atoms with Crippen LogP contribution in [0.25, 0.3) is 11.1 Å². The Balaban J connectivity index is 1.58. The van der Waals surface area contributed by atoms with E-state index in [0.29, 0.717) is 5.75 Å². The van der Waals surface area contributed by atoms with Crippen molar-refractivity contribution in [2.45, 2.75) is 184 Å². The number of carbonyl (C=O) groups is 5. The molecule has 76 heavy (non-hydrogen) atoms. The summed E-state index contributed by atoms with van der Waals surface area (Å²) < 4.78 is 56.1. The Morgan fingerprint density at radius 3 is 1.68 bits per heavy atom. The number of alkyl carbamates (subject to hydrolysis) is 1. The molecule has 5 rings (SSSR count). The van der Waals surface area contributed by atoms with Crippen molar-refractivity contribution in [3.8, 4) is 16.9 Å². The smallest absolute Gasteiger partial charge is 0.407 e. The van der Waals surface area contributed by atoms with Crippen molar-refractivity contribution in [3.63, 3.8) is 0 Å². The van der Waals surface area contributed by atoms with Gasteiger partial charge in [0, 0.05) is 5.92 Å². The van der Waals surface area contributed by atoms with Gasteiger partial charge in [0.1, 0.15) is 25.1 Å². The van der Waals surface area contributed by atoms with Crippen LogP contribution in [0.4, 0.5) is 4.79 Å². The van der Waals surface area contributed by atoms with Crippen LogP contribution in [-0.4, -0.2) is 99.8 Å². The fourth-order valence-corrected chi connectivity index (χ4v) is 8.35. The van der Waals surface area contributed by atoms with Gasteiger partial charge < -0.3 is 47.9 Å². The molecule has 3 aromatic carbocycles. The van der Waals surface area contributed by atoms with Crippen molar-refractivity contribution in [3.05, 3.63) is 102 Å². The van der Waals surface area contributed by atoms with Gasteiger partial charge in [0.05, 0.1) is 54.1 Å². The molecule has 3 aromatic rings. The molecule has 0 aromatic heterocycles. The van der Waals surface area contributed by atoms with Gasteiger partial charge in [-0.25, -0.2) is 4.79 Å². The minimum atomic E-state index is -1.58. The zero-order valence-corrected chi connectivity index (χ0v) is 47.5. The first-order chi connectivity index (χ1) is 35.7. The fraction of sp³-hybridized carbons (Fsp3) is 0.590. The summed E-state index contributed by atoms with van der Waals surface area (Å²) in [5.74, 6) is -2.24. The number of nitrogens with one attached hydrogen (secondary N) is 1. The Labute approximate surface area is 451 Å². The van der Waals surface area contributed by atoms with Crippen LogP contribution in [0, 0.1) is 21.7 Å². The van der Waals surface area contributed by atoms with Crippen LogP contribution >= 0.6 is 0 Å². The highest BCUT2D eigenvalue weighted by Crippen LogP contribution is 2.44. The monoisotopic (exact) mass is 1060 g/mol. The lowest BCUT2D eigenvalue weighted by Gasteiger charge is -2.46. The maximum atomic E-state index is 14.4. The molecular weight excluding hydrogens is 971 g/mol. The number of amides is 1. The van der Waals surface area contributed by atoms with Gasteiger partial charge in [0.25, 0.3) is 0 Å². The third kappa shape index (κ3) is 17.4. The van der Waals surface area contributed by atoms with E-state index in [9.17, 15) is 24.0 Å². The van der Waals surface area contributed by atoms with Gasteiger partial charge in [-0.2, -0.15) is 0 Å². The van der Waals surface area contributed by atoms with Crippen LogP contribution in [0.3, 0.4) is 0 Å². The van der Waals surface area contributed by atoms with E-state index in [0.717, 1.165) is 66.3 Å². The summed E-state index contributed by atoms with van der Waals surface area (Å²) in [6, 6.07) is 22.5. The van der Waals surface area contributed by atoms with E-state index >= 15 is 0 Å². The average Bonchev–Trinajstić information content (AvgIpc) is 3.69. The molecule has 0 unspecified atom stereocenters. The van der Waals surface area contributed by atoms with Crippen molar-refractivity contribution >= 4 is 30.0 Å². The summed E-state index contributed by atoms with van der Waals surface area (Å²) in [5.41, 5.74) is 0.896. The fourth-order valence-electron chi connectivity index (χ4n) is 8.35. The number of allylic oxidation sites excluding steroid dienone is 1. The molecule has 1 aliphatic carbocycles. The summed E-state index contributed by atoms with van der Waals surface area (Å²) in [6.45, 7) is 21.5. The molecule has 418 valence electrons. The molecule has 1 aliphatic heterocycles. The number of methoxy groups -OCH3 is 1. The molecule has 15 heteroatoms. The predicted octanol–water partition coefficient (Wildman–Crippen LogP) is 11.6. The summed E-state index contributed by atoms with van der Waals surface area (Å²) in [7, 11) is 1.59. The molecule has 15 nitrogen and oxygen atoms in total. The second-order valence-electron chi connectivity index (χ2n) is 23.9. The predicted molar refractivity (Wildman–Crippen MR) is 289 cm³/mol. The molecule has 2 aliphatic rings. The van der Waals surface area contributed by atoms with Crippen molar-refractivity contribution < 1.29 is 66.6 Å². The third-order valence-electron chi connectivity index (χ3n) is 13.0. The van der Waals surface area contributed by atoms with E-state index in [1.807, 2.05) is 72.8 Å². The van der Waals surface area contributed by atoms with E-state index in [2.05, 4.69) is 24.4 Å². The van der Waals surface area contributed by atoms with E-state index in [1.165, 1.54) is 0 Å². The zero-order valence-electron chi connectivity index (χ0n) is 47.5. The molecule has 0 saturated carbocycles. The number of esters is 4. The molecule has 1 amide bonds. The summed E-state index contributed by atoms with van der Waals surface area (Å²) in [6.07, 6.45) is 0.924. The van der Waals surface area contributed by atoms with Crippen molar-refractivity contribution in [1.82, 2.24) is 5.32 Å². The van der Waals surface area contributed by atoms with E-state index in [-0.39, 0.29) is 25.7 Å². The molecule has 1 saturated heterocycles. The average molecular weight is 1060 g/mol. The number of unbranched alkanes of at least 4 members (excludes halogenated alkanes) is 5. The highest BCUT2D eigenvalue weighted by atomic mass is 16.7. The van der Waals surface area contributed by atoms with Crippen molar-refractivity contribution in [1.29, 1.82) is 0 Å².